The number of nitrogens with zero attached hydrogens (tertiary/aromatic N) is 2. The molecule has 4 nitrogen and oxygen atoms in total. The first-order valence-electron chi connectivity index (χ1n) is 5.95. The molecule has 0 aliphatic carbocycles. The summed E-state index contributed by atoms with van der Waals surface area (Å²) in [6, 6.07) is 0.481. The van der Waals surface area contributed by atoms with Crippen molar-refractivity contribution in [1.82, 2.24) is 10.3 Å². The van der Waals surface area contributed by atoms with E-state index in [9.17, 15) is 0 Å². The molecule has 0 saturated heterocycles. The summed E-state index contributed by atoms with van der Waals surface area (Å²) >= 11 is 1.77. The zero-order valence-corrected chi connectivity index (χ0v) is 12.2. The van der Waals surface area contributed by atoms with Crippen LogP contribution in [-0.2, 0) is 11.3 Å². The quantitative estimate of drug-likeness (QED) is 0.759. The Morgan fingerprint density at radius 1 is 1.47 bits per heavy atom. The minimum atomic E-state index is 0.481. The number of thiazole rings is 1. The van der Waals surface area contributed by atoms with Crippen molar-refractivity contribution in [1.29, 1.82) is 0 Å². The smallest absolute Gasteiger partial charge is 0.185 e. The van der Waals surface area contributed by atoms with E-state index in [2.05, 4.69) is 43.0 Å². The fourth-order valence-electron chi connectivity index (χ4n) is 1.32. The van der Waals surface area contributed by atoms with Crippen molar-refractivity contribution in [3.05, 3.63) is 10.6 Å². The number of nitrogens with one attached hydrogen (secondary N) is 1. The summed E-state index contributed by atoms with van der Waals surface area (Å²) < 4.78 is 5.00. The van der Waals surface area contributed by atoms with E-state index >= 15 is 0 Å². The van der Waals surface area contributed by atoms with Crippen molar-refractivity contribution >= 4 is 16.5 Å². The highest BCUT2D eigenvalue weighted by Gasteiger charge is 2.12. The summed E-state index contributed by atoms with van der Waals surface area (Å²) in [5.74, 6) is 0. The predicted molar refractivity (Wildman–Crippen MR) is 74.0 cm³/mol. The van der Waals surface area contributed by atoms with Gasteiger partial charge < -0.3 is 15.0 Å². The average Bonchev–Trinajstić information content (AvgIpc) is 2.65. The van der Waals surface area contributed by atoms with Crippen LogP contribution >= 0.6 is 11.3 Å². The molecule has 17 heavy (non-hydrogen) atoms. The molecule has 0 unspecified atom stereocenters. The number of hydrogen-bond acceptors (Lipinski definition) is 5. The predicted octanol–water partition coefficient (Wildman–Crippen LogP) is 2.03. The number of hydrogen-bond donors (Lipinski definition) is 1. The summed E-state index contributed by atoms with van der Waals surface area (Å²) in [6.07, 6.45) is 0. The monoisotopic (exact) mass is 257 g/mol. The van der Waals surface area contributed by atoms with E-state index in [1.807, 2.05) is 0 Å². The fourth-order valence-corrected chi connectivity index (χ4v) is 2.45. The summed E-state index contributed by atoms with van der Waals surface area (Å²) in [6.45, 7) is 8.92. The molecule has 0 atom stereocenters. The zero-order valence-electron chi connectivity index (χ0n) is 11.4. The molecule has 0 amide bonds. The van der Waals surface area contributed by atoms with Crippen molar-refractivity contribution in [3.63, 3.8) is 0 Å². The third-order valence-electron chi connectivity index (χ3n) is 2.73. The van der Waals surface area contributed by atoms with E-state index in [0.717, 1.165) is 30.5 Å². The maximum absolute atomic E-state index is 5.00. The van der Waals surface area contributed by atoms with E-state index in [-0.39, 0.29) is 0 Å². The second-order valence-electron chi connectivity index (χ2n) is 4.38. The third-order valence-corrected chi connectivity index (χ3v) is 3.97. The lowest BCUT2D eigenvalue weighted by Gasteiger charge is -2.19. The molecule has 0 aromatic carbocycles. The second-order valence-corrected chi connectivity index (χ2v) is 5.44. The van der Waals surface area contributed by atoms with Gasteiger partial charge in [0.15, 0.2) is 5.13 Å². The molecule has 0 radical (unpaired) electrons. The van der Waals surface area contributed by atoms with Crippen LogP contribution in [0.4, 0.5) is 5.13 Å². The van der Waals surface area contributed by atoms with Gasteiger partial charge >= 0.3 is 0 Å². The molecule has 98 valence electrons. The molecule has 0 fully saturated rings. The topological polar surface area (TPSA) is 37.4 Å². The number of rotatable bonds is 7. The summed E-state index contributed by atoms with van der Waals surface area (Å²) in [7, 11) is 3.81. The molecule has 1 rings (SSSR count). The van der Waals surface area contributed by atoms with Gasteiger partial charge in [0, 0.05) is 38.2 Å². The normalized spacial score (nSPS) is 11.2. The minimum Gasteiger partial charge on any atom is -0.383 e. The third kappa shape index (κ3) is 4.26. The van der Waals surface area contributed by atoms with E-state index in [4.69, 9.17) is 4.74 Å². The van der Waals surface area contributed by atoms with Crippen LogP contribution in [0, 0.1) is 6.92 Å². The van der Waals surface area contributed by atoms with Crippen LogP contribution in [0.1, 0.15) is 24.4 Å². The summed E-state index contributed by atoms with van der Waals surface area (Å²) in [5, 5.41) is 4.45. The fraction of sp³-hybridized carbons (Fsp3) is 0.750. The molecule has 0 aliphatic rings. The molecule has 1 aromatic rings. The molecular formula is C12H23N3OS. The van der Waals surface area contributed by atoms with Crippen molar-refractivity contribution in [3.8, 4) is 0 Å². The molecule has 0 saturated carbocycles. The highest BCUT2D eigenvalue weighted by atomic mass is 32.1. The number of anilines is 1. The number of methoxy groups -OCH3 is 1. The average molecular weight is 257 g/mol. The Morgan fingerprint density at radius 3 is 2.76 bits per heavy atom. The number of aromatic nitrogens is 1. The lowest BCUT2D eigenvalue weighted by Crippen LogP contribution is -2.25. The number of ether oxygens (including phenoxy) is 1. The molecule has 0 aliphatic heterocycles. The van der Waals surface area contributed by atoms with Gasteiger partial charge in [0.05, 0.1) is 12.3 Å². The standard InChI is InChI=1S/C12H23N3OS/c1-9(2)15(4)12-14-10(3)11(17-12)8-13-6-7-16-5/h9,13H,6-8H2,1-5H3. The van der Waals surface area contributed by atoms with Gasteiger partial charge in [-0.25, -0.2) is 4.98 Å². The first kappa shape index (κ1) is 14.4. The first-order valence-corrected chi connectivity index (χ1v) is 6.76. The van der Waals surface area contributed by atoms with Crippen LogP contribution in [-0.4, -0.2) is 38.3 Å². The molecule has 1 aromatic heterocycles. The summed E-state index contributed by atoms with van der Waals surface area (Å²) in [4.78, 5) is 8.12. The van der Waals surface area contributed by atoms with Crippen molar-refractivity contribution in [2.75, 3.05) is 32.2 Å². The highest BCUT2D eigenvalue weighted by molar-refractivity contribution is 7.15. The molecule has 5 heteroatoms. The van der Waals surface area contributed by atoms with Gasteiger partial charge in [-0.05, 0) is 20.8 Å². The Kier molecular flexibility index (Phi) is 5.88. The Balaban J connectivity index is 2.56. The molecule has 1 heterocycles. The largest absolute Gasteiger partial charge is 0.383 e. The Morgan fingerprint density at radius 2 is 2.18 bits per heavy atom. The first-order chi connectivity index (χ1) is 8.06. The zero-order chi connectivity index (χ0) is 12.8. The Hall–Kier alpha value is -0.650. The van der Waals surface area contributed by atoms with Gasteiger partial charge in [-0.2, -0.15) is 0 Å². The Labute approximate surface area is 108 Å². The number of aryl methyl sites for hydroxylation is 1. The van der Waals surface area contributed by atoms with Gasteiger partial charge in [-0.1, -0.05) is 0 Å². The lowest BCUT2D eigenvalue weighted by molar-refractivity contribution is 0.199. The molecule has 1 N–H and O–H groups in total. The van der Waals surface area contributed by atoms with Gasteiger partial charge in [0.1, 0.15) is 0 Å². The van der Waals surface area contributed by atoms with Crippen molar-refractivity contribution < 1.29 is 4.74 Å². The van der Waals surface area contributed by atoms with Gasteiger partial charge in [-0.3, -0.25) is 0 Å². The SMILES string of the molecule is COCCNCc1sc(N(C)C(C)C)nc1C. The van der Waals surface area contributed by atoms with Crippen LogP contribution in [0.3, 0.4) is 0 Å². The molecule has 0 bridgehead atoms. The molecule has 0 spiro atoms. The maximum Gasteiger partial charge on any atom is 0.185 e. The lowest BCUT2D eigenvalue weighted by atomic mass is 10.4. The van der Waals surface area contributed by atoms with Gasteiger partial charge in [0.2, 0.25) is 0 Å². The Bertz CT molecular complexity index is 338. The van der Waals surface area contributed by atoms with E-state index in [1.54, 1.807) is 18.4 Å². The van der Waals surface area contributed by atoms with Gasteiger partial charge in [-0.15, -0.1) is 11.3 Å². The van der Waals surface area contributed by atoms with Gasteiger partial charge in [0.25, 0.3) is 0 Å². The van der Waals surface area contributed by atoms with E-state index < -0.39 is 0 Å². The minimum absolute atomic E-state index is 0.481. The van der Waals surface area contributed by atoms with Crippen LogP contribution in [0.25, 0.3) is 0 Å². The van der Waals surface area contributed by atoms with Crippen LogP contribution in [0.5, 0.6) is 0 Å². The second kappa shape index (κ2) is 6.93. The van der Waals surface area contributed by atoms with Crippen molar-refractivity contribution in [2.45, 2.75) is 33.4 Å². The van der Waals surface area contributed by atoms with Crippen molar-refractivity contribution in [2.24, 2.45) is 0 Å². The summed E-state index contributed by atoms with van der Waals surface area (Å²) in [5.41, 5.74) is 1.13. The van der Waals surface area contributed by atoms with Crippen LogP contribution in [0.15, 0.2) is 0 Å². The van der Waals surface area contributed by atoms with E-state index in [1.165, 1.54) is 4.88 Å². The molecular weight excluding hydrogens is 234 g/mol. The maximum atomic E-state index is 5.00. The highest BCUT2D eigenvalue weighted by Crippen LogP contribution is 2.26. The van der Waals surface area contributed by atoms with Crippen LogP contribution < -0.4 is 10.2 Å². The van der Waals surface area contributed by atoms with E-state index in [0.29, 0.717) is 6.04 Å². The van der Waals surface area contributed by atoms with Crippen LogP contribution in [0.2, 0.25) is 0 Å².